The van der Waals surface area contributed by atoms with E-state index in [1.807, 2.05) is 13.8 Å². The van der Waals surface area contributed by atoms with Gasteiger partial charge in [0.2, 0.25) is 0 Å². The van der Waals surface area contributed by atoms with Crippen LogP contribution in [0.15, 0.2) is 12.3 Å². The summed E-state index contributed by atoms with van der Waals surface area (Å²) in [6, 6.07) is 1.50. The minimum absolute atomic E-state index is 0.0706. The summed E-state index contributed by atoms with van der Waals surface area (Å²) in [7, 11) is 0. The number of hydrogen-bond donors (Lipinski definition) is 0. The molecular weight excluding hydrogens is 181 g/mol. The van der Waals surface area contributed by atoms with E-state index in [0.717, 1.165) is 0 Å². The second-order valence-electron chi connectivity index (χ2n) is 3.17. The Morgan fingerprint density at radius 1 is 1.46 bits per heavy atom. The fraction of sp³-hybridized carbons (Fsp3) is 0.625. The van der Waals surface area contributed by atoms with Crippen molar-refractivity contribution in [3.63, 3.8) is 0 Å². The van der Waals surface area contributed by atoms with Gasteiger partial charge in [-0.1, -0.05) is 0 Å². The highest BCUT2D eigenvalue weighted by atomic mass is 19.4. The number of nitrogens with zero attached hydrogens (tertiary/aromatic N) is 2. The summed E-state index contributed by atoms with van der Waals surface area (Å²) >= 11 is 0. The Bertz CT molecular complexity index is 275. The molecule has 1 heterocycles. The van der Waals surface area contributed by atoms with Crippen molar-refractivity contribution in [2.75, 3.05) is 0 Å². The lowest BCUT2D eigenvalue weighted by Gasteiger charge is -2.05. The van der Waals surface area contributed by atoms with Crippen molar-refractivity contribution < 1.29 is 13.2 Å². The van der Waals surface area contributed by atoms with Gasteiger partial charge in [0.1, 0.15) is 0 Å². The van der Waals surface area contributed by atoms with Gasteiger partial charge >= 0.3 is 6.18 Å². The Kier molecular flexibility index (Phi) is 2.63. The third-order valence-electron chi connectivity index (χ3n) is 1.57. The smallest absolute Gasteiger partial charge is 0.270 e. The zero-order valence-corrected chi connectivity index (χ0v) is 7.47. The van der Waals surface area contributed by atoms with Gasteiger partial charge in [-0.2, -0.15) is 18.3 Å². The molecule has 5 heteroatoms. The molecule has 0 aliphatic carbocycles. The van der Waals surface area contributed by atoms with E-state index in [-0.39, 0.29) is 11.7 Å². The first kappa shape index (κ1) is 10.1. The summed E-state index contributed by atoms with van der Waals surface area (Å²) < 4.78 is 37.2. The van der Waals surface area contributed by atoms with Crippen molar-refractivity contribution in [3.8, 4) is 0 Å². The lowest BCUT2D eigenvalue weighted by molar-refractivity contribution is -0.127. The molecule has 0 N–H and O–H groups in total. The molecule has 0 unspecified atom stereocenters. The van der Waals surface area contributed by atoms with Crippen molar-refractivity contribution in [2.24, 2.45) is 0 Å². The van der Waals surface area contributed by atoms with E-state index in [0.29, 0.717) is 0 Å². The zero-order chi connectivity index (χ0) is 10.1. The molecule has 0 fully saturated rings. The predicted molar refractivity (Wildman–Crippen MR) is 42.4 cm³/mol. The molecule has 0 aliphatic heterocycles. The molecule has 1 rings (SSSR count). The van der Waals surface area contributed by atoms with Crippen molar-refractivity contribution in [2.45, 2.75) is 32.5 Å². The molecule has 74 valence electrons. The number of alkyl halides is 3. The number of halogens is 3. The van der Waals surface area contributed by atoms with Crippen LogP contribution in [0.3, 0.4) is 0 Å². The molecule has 0 spiro atoms. The highest BCUT2D eigenvalue weighted by Crippen LogP contribution is 2.20. The summed E-state index contributed by atoms with van der Waals surface area (Å²) in [6.07, 6.45) is -3.56. The minimum atomic E-state index is -4.17. The summed E-state index contributed by atoms with van der Waals surface area (Å²) in [5, 5.41) is 3.79. The van der Waals surface area contributed by atoms with Gasteiger partial charge < -0.3 is 0 Å². The molecule has 1 aromatic heterocycles. The molecule has 2 nitrogen and oxygen atoms in total. The van der Waals surface area contributed by atoms with Crippen molar-refractivity contribution in [1.82, 2.24) is 9.78 Å². The standard InChI is InChI=1S/C8H11F3N2/c1-6(2)13-4-3-7(12-13)5-8(9,10)11/h3-4,6H,5H2,1-2H3. The third-order valence-corrected chi connectivity index (χ3v) is 1.57. The van der Waals surface area contributed by atoms with Crippen molar-refractivity contribution in [1.29, 1.82) is 0 Å². The molecule has 13 heavy (non-hydrogen) atoms. The van der Waals surface area contributed by atoms with Gasteiger partial charge in [-0.15, -0.1) is 0 Å². The maximum Gasteiger partial charge on any atom is 0.394 e. The lowest BCUT2D eigenvalue weighted by Crippen LogP contribution is -2.12. The predicted octanol–water partition coefficient (Wildman–Crippen LogP) is 2.57. The normalized spacial score (nSPS) is 12.5. The molecule has 0 atom stereocenters. The minimum Gasteiger partial charge on any atom is -0.270 e. The van der Waals surface area contributed by atoms with Crippen LogP contribution in [0.2, 0.25) is 0 Å². The Hall–Kier alpha value is -1.00. The highest BCUT2D eigenvalue weighted by molar-refractivity contribution is 5.01. The molecule has 1 aromatic rings. The first-order chi connectivity index (χ1) is 5.88. The summed E-state index contributed by atoms with van der Waals surface area (Å²) in [5.41, 5.74) is 0.0706. The van der Waals surface area contributed by atoms with E-state index in [2.05, 4.69) is 5.10 Å². The van der Waals surface area contributed by atoms with Crippen LogP contribution in [0.5, 0.6) is 0 Å². The van der Waals surface area contributed by atoms with Crippen LogP contribution in [-0.2, 0) is 6.42 Å². The van der Waals surface area contributed by atoms with Gasteiger partial charge in [0.05, 0.1) is 12.1 Å². The second kappa shape index (κ2) is 3.40. The Balaban J connectivity index is 2.70. The van der Waals surface area contributed by atoms with Gasteiger partial charge in [-0.05, 0) is 19.9 Å². The summed E-state index contributed by atoms with van der Waals surface area (Å²) in [6.45, 7) is 3.73. The Labute approximate surface area is 74.4 Å². The SMILES string of the molecule is CC(C)n1ccc(CC(F)(F)F)n1. The van der Waals surface area contributed by atoms with E-state index >= 15 is 0 Å². The first-order valence-corrected chi connectivity index (χ1v) is 3.99. The fourth-order valence-corrected chi connectivity index (χ4v) is 0.965. The topological polar surface area (TPSA) is 17.8 Å². The molecule has 0 saturated carbocycles. The van der Waals surface area contributed by atoms with E-state index in [9.17, 15) is 13.2 Å². The average Bonchev–Trinajstić information content (AvgIpc) is 2.31. The summed E-state index contributed by atoms with van der Waals surface area (Å²) in [4.78, 5) is 0. The first-order valence-electron chi connectivity index (χ1n) is 3.99. The fourth-order valence-electron chi connectivity index (χ4n) is 0.965. The van der Waals surface area contributed by atoms with E-state index in [1.165, 1.54) is 10.7 Å². The number of rotatable bonds is 2. The van der Waals surface area contributed by atoms with Crippen LogP contribution in [0.25, 0.3) is 0 Å². The molecule has 0 amide bonds. The van der Waals surface area contributed by atoms with Crippen LogP contribution in [0, 0.1) is 0 Å². The van der Waals surface area contributed by atoms with Crippen molar-refractivity contribution in [3.05, 3.63) is 18.0 Å². The molecule has 0 radical (unpaired) electrons. The van der Waals surface area contributed by atoms with Gasteiger partial charge in [0.15, 0.2) is 0 Å². The Morgan fingerprint density at radius 2 is 2.08 bits per heavy atom. The van der Waals surface area contributed by atoms with E-state index < -0.39 is 12.6 Å². The van der Waals surface area contributed by atoms with E-state index in [1.54, 1.807) is 6.20 Å². The Morgan fingerprint density at radius 3 is 2.46 bits per heavy atom. The number of aromatic nitrogens is 2. The number of hydrogen-bond acceptors (Lipinski definition) is 1. The molecule has 0 saturated heterocycles. The van der Waals surface area contributed by atoms with Gasteiger partial charge in [-0.3, -0.25) is 4.68 Å². The average molecular weight is 192 g/mol. The van der Waals surface area contributed by atoms with Crippen molar-refractivity contribution >= 4 is 0 Å². The lowest BCUT2D eigenvalue weighted by atomic mass is 10.3. The monoisotopic (exact) mass is 192 g/mol. The van der Waals surface area contributed by atoms with Gasteiger partial charge in [-0.25, -0.2) is 0 Å². The third kappa shape index (κ3) is 3.08. The van der Waals surface area contributed by atoms with Gasteiger partial charge in [0.25, 0.3) is 0 Å². The van der Waals surface area contributed by atoms with Crippen LogP contribution < -0.4 is 0 Å². The molecule has 0 aromatic carbocycles. The zero-order valence-electron chi connectivity index (χ0n) is 7.47. The quantitative estimate of drug-likeness (QED) is 0.704. The molecule has 0 aliphatic rings. The second-order valence-corrected chi connectivity index (χ2v) is 3.17. The van der Waals surface area contributed by atoms with Crippen LogP contribution in [0.1, 0.15) is 25.6 Å². The summed E-state index contributed by atoms with van der Waals surface area (Å²) in [5.74, 6) is 0. The van der Waals surface area contributed by atoms with Crippen LogP contribution in [-0.4, -0.2) is 16.0 Å². The molecule has 0 bridgehead atoms. The highest BCUT2D eigenvalue weighted by Gasteiger charge is 2.28. The van der Waals surface area contributed by atoms with Crippen LogP contribution in [0.4, 0.5) is 13.2 Å². The largest absolute Gasteiger partial charge is 0.394 e. The maximum absolute atomic E-state index is 11.9. The van der Waals surface area contributed by atoms with E-state index in [4.69, 9.17) is 0 Å². The maximum atomic E-state index is 11.9. The van der Waals surface area contributed by atoms with Crippen LogP contribution >= 0.6 is 0 Å². The van der Waals surface area contributed by atoms with Gasteiger partial charge in [0, 0.05) is 12.2 Å². The molecular formula is C8H11F3N2.